The Kier molecular flexibility index (Phi) is 4.10. The lowest BCUT2D eigenvalue weighted by Gasteiger charge is -2.42. The Bertz CT molecular complexity index is 651. The largest absolute Gasteiger partial charge is 0.487 e. The van der Waals surface area contributed by atoms with Crippen LogP contribution in [0.4, 0.5) is 11.4 Å². The number of rotatable bonds is 2. The fourth-order valence-corrected chi connectivity index (χ4v) is 3.93. The van der Waals surface area contributed by atoms with Gasteiger partial charge in [-0.3, -0.25) is 0 Å². The Morgan fingerprint density at radius 2 is 1.88 bits per heavy atom. The lowest BCUT2D eigenvalue weighted by molar-refractivity contribution is 0.299. The van der Waals surface area contributed by atoms with E-state index in [-0.39, 0.29) is 0 Å². The fourth-order valence-electron chi connectivity index (χ4n) is 3.93. The predicted octanol–water partition coefficient (Wildman–Crippen LogP) is 2.07. The third-order valence-electron chi connectivity index (χ3n) is 5.15. The zero-order chi connectivity index (χ0) is 16.5. The van der Waals surface area contributed by atoms with E-state index in [2.05, 4.69) is 51.8 Å². The zero-order valence-electron chi connectivity index (χ0n) is 14.2. The quantitative estimate of drug-likeness (QED) is 0.871. The molecule has 0 amide bonds. The van der Waals surface area contributed by atoms with Gasteiger partial charge in [0.15, 0.2) is 5.75 Å². The number of piperazine rings is 1. The van der Waals surface area contributed by atoms with E-state index in [0.29, 0.717) is 6.04 Å². The number of piperidine rings is 1. The zero-order valence-corrected chi connectivity index (χ0v) is 14.2. The smallest absolute Gasteiger partial charge is 0.165 e. The first-order chi connectivity index (χ1) is 11.7. The van der Waals surface area contributed by atoms with E-state index in [1.165, 1.54) is 11.4 Å². The van der Waals surface area contributed by atoms with Crippen LogP contribution in [-0.4, -0.2) is 45.4 Å². The number of fused-ring (bicyclic) bond motifs is 1. The number of nitrogens with one attached hydrogen (secondary N) is 2. The molecule has 2 saturated heterocycles. The summed E-state index contributed by atoms with van der Waals surface area (Å²) in [6.45, 7) is 14.0. The molecule has 3 heterocycles. The molecule has 3 aliphatic heterocycles. The molecule has 0 spiro atoms. The van der Waals surface area contributed by atoms with Crippen molar-refractivity contribution in [2.24, 2.45) is 0 Å². The van der Waals surface area contributed by atoms with Crippen molar-refractivity contribution in [3.05, 3.63) is 42.8 Å². The average Bonchev–Trinajstić information content (AvgIpc) is 2.62. The van der Waals surface area contributed by atoms with Gasteiger partial charge in [-0.05, 0) is 25.0 Å². The maximum absolute atomic E-state index is 6.11. The van der Waals surface area contributed by atoms with Crippen molar-refractivity contribution < 1.29 is 4.74 Å². The highest BCUT2D eigenvalue weighted by atomic mass is 16.5. The lowest BCUT2D eigenvalue weighted by atomic mass is 9.99. The number of para-hydroxylation sites is 1. The summed E-state index contributed by atoms with van der Waals surface area (Å²) in [6, 6.07) is 6.81. The van der Waals surface area contributed by atoms with Crippen molar-refractivity contribution in [2.75, 3.05) is 49.1 Å². The fraction of sp³-hybridized carbons (Fsp3) is 0.474. The van der Waals surface area contributed by atoms with Gasteiger partial charge < -0.3 is 25.2 Å². The van der Waals surface area contributed by atoms with Crippen molar-refractivity contribution in [2.45, 2.75) is 18.9 Å². The molecule has 24 heavy (non-hydrogen) atoms. The molecule has 0 aromatic heterocycles. The minimum atomic E-state index is 0.302. The van der Waals surface area contributed by atoms with E-state index in [0.717, 1.165) is 69.3 Å². The second-order valence-corrected chi connectivity index (χ2v) is 6.71. The number of nitrogens with zero attached hydrogens (tertiary/aromatic N) is 2. The van der Waals surface area contributed by atoms with Gasteiger partial charge in [0.25, 0.3) is 0 Å². The minimum absolute atomic E-state index is 0.302. The highest BCUT2D eigenvalue weighted by Gasteiger charge is 2.31. The van der Waals surface area contributed by atoms with Gasteiger partial charge in [-0.25, -0.2) is 0 Å². The van der Waals surface area contributed by atoms with Crippen LogP contribution in [0.5, 0.6) is 5.75 Å². The van der Waals surface area contributed by atoms with Gasteiger partial charge in [0.05, 0.1) is 24.0 Å². The van der Waals surface area contributed by atoms with Crippen molar-refractivity contribution in [3.8, 4) is 5.75 Å². The lowest BCUT2D eigenvalue weighted by Crippen LogP contribution is -2.47. The Morgan fingerprint density at radius 3 is 2.67 bits per heavy atom. The number of anilines is 2. The van der Waals surface area contributed by atoms with E-state index < -0.39 is 0 Å². The molecule has 1 aromatic carbocycles. The first-order valence-electron chi connectivity index (χ1n) is 8.86. The molecule has 0 bridgehead atoms. The third kappa shape index (κ3) is 2.73. The summed E-state index contributed by atoms with van der Waals surface area (Å²) in [5, 5.41) is 6.76. The maximum atomic E-state index is 6.11. The third-order valence-corrected chi connectivity index (χ3v) is 5.15. The summed E-state index contributed by atoms with van der Waals surface area (Å²) in [6.07, 6.45) is 2.05. The second-order valence-electron chi connectivity index (χ2n) is 6.71. The Labute approximate surface area is 144 Å². The summed E-state index contributed by atoms with van der Waals surface area (Å²) >= 11 is 0. The van der Waals surface area contributed by atoms with E-state index in [1.54, 1.807) is 0 Å². The summed E-state index contributed by atoms with van der Waals surface area (Å²) in [5.74, 6) is 1.03. The molecule has 2 N–H and O–H groups in total. The molecule has 128 valence electrons. The highest BCUT2D eigenvalue weighted by Crippen LogP contribution is 2.42. The molecule has 0 unspecified atom stereocenters. The number of benzene rings is 1. The topological polar surface area (TPSA) is 39.8 Å². The first kappa shape index (κ1) is 15.4. The van der Waals surface area contributed by atoms with Crippen molar-refractivity contribution in [1.82, 2.24) is 10.6 Å². The van der Waals surface area contributed by atoms with E-state index in [9.17, 15) is 0 Å². The normalized spacial score (nSPS) is 24.2. The Balaban J connectivity index is 1.65. The van der Waals surface area contributed by atoms with Crippen LogP contribution in [0.15, 0.2) is 42.8 Å². The summed E-state index contributed by atoms with van der Waals surface area (Å²) in [4.78, 5) is 4.88. The average molecular weight is 326 g/mol. The van der Waals surface area contributed by atoms with E-state index >= 15 is 0 Å². The number of hydrogen-bond donors (Lipinski definition) is 2. The monoisotopic (exact) mass is 326 g/mol. The number of allylic oxidation sites excluding steroid dienone is 1. The molecule has 0 saturated carbocycles. The standard InChI is InChI=1S/C19H26N4O/c1-14-6-7-16(15(2)21-14)23-12-13-24-19-17(4-3-5-18(19)23)22-10-8-20-9-11-22/h3-5,16,20-21H,1-2,6-13H2/t16-/m0/s1. The van der Waals surface area contributed by atoms with Crippen molar-refractivity contribution >= 4 is 11.4 Å². The molecule has 5 nitrogen and oxygen atoms in total. The van der Waals surface area contributed by atoms with Crippen molar-refractivity contribution in [3.63, 3.8) is 0 Å². The van der Waals surface area contributed by atoms with Gasteiger partial charge in [0.2, 0.25) is 0 Å². The van der Waals surface area contributed by atoms with Crippen LogP contribution in [-0.2, 0) is 0 Å². The summed E-state index contributed by atoms with van der Waals surface area (Å²) < 4.78 is 6.11. The molecule has 2 fully saturated rings. The molecule has 5 heteroatoms. The van der Waals surface area contributed by atoms with Crippen molar-refractivity contribution in [1.29, 1.82) is 0 Å². The van der Waals surface area contributed by atoms with Crippen LogP contribution in [0, 0.1) is 0 Å². The molecule has 1 aromatic rings. The van der Waals surface area contributed by atoms with Gasteiger partial charge in [-0.1, -0.05) is 19.2 Å². The Hall–Kier alpha value is -2.14. The van der Waals surface area contributed by atoms with Crippen LogP contribution < -0.4 is 25.2 Å². The Morgan fingerprint density at radius 1 is 1.08 bits per heavy atom. The minimum Gasteiger partial charge on any atom is -0.487 e. The number of ether oxygens (including phenoxy) is 1. The summed E-state index contributed by atoms with van der Waals surface area (Å²) in [7, 11) is 0. The first-order valence-corrected chi connectivity index (χ1v) is 8.86. The molecular weight excluding hydrogens is 300 g/mol. The van der Waals surface area contributed by atoms with Crippen LogP contribution in [0.25, 0.3) is 0 Å². The maximum Gasteiger partial charge on any atom is 0.165 e. The highest BCUT2D eigenvalue weighted by molar-refractivity contribution is 5.75. The van der Waals surface area contributed by atoms with Crippen LogP contribution in [0.2, 0.25) is 0 Å². The SMILES string of the molecule is C=C1CC[C@H](N2CCOc3c(N4CCNCC4)cccc32)C(=C)N1. The van der Waals surface area contributed by atoms with Gasteiger partial charge in [0.1, 0.15) is 6.61 Å². The summed E-state index contributed by atoms with van der Waals surface area (Å²) in [5.41, 5.74) is 4.53. The molecule has 3 aliphatic rings. The molecule has 0 radical (unpaired) electrons. The van der Waals surface area contributed by atoms with Gasteiger partial charge >= 0.3 is 0 Å². The van der Waals surface area contributed by atoms with E-state index in [4.69, 9.17) is 4.74 Å². The molecule has 4 rings (SSSR count). The van der Waals surface area contributed by atoms with Gasteiger partial charge in [-0.2, -0.15) is 0 Å². The van der Waals surface area contributed by atoms with Gasteiger partial charge in [-0.15, -0.1) is 0 Å². The second kappa shape index (κ2) is 6.40. The van der Waals surface area contributed by atoms with Crippen LogP contribution in [0.3, 0.4) is 0 Å². The number of hydrogen-bond acceptors (Lipinski definition) is 5. The van der Waals surface area contributed by atoms with Crippen LogP contribution in [0.1, 0.15) is 12.8 Å². The van der Waals surface area contributed by atoms with Gasteiger partial charge in [0, 0.05) is 37.6 Å². The van der Waals surface area contributed by atoms with E-state index in [1.807, 2.05) is 0 Å². The molecule has 1 atom stereocenters. The molecule has 0 aliphatic carbocycles. The predicted molar refractivity (Wildman–Crippen MR) is 98.8 cm³/mol. The molecular formula is C19H26N4O. The van der Waals surface area contributed by atoms with Crippen LogP contribution >= 0.6 is 0 Å².